The van der Waals surface area contributed by atoms with Crippen LogP contribution in [0, 0.1) is 0 Å². The van der Waals surface area contributed by atoms with E-state index >= 15 is 0 Å². The van der Waals surface area contributed by atoms with Gasteiger partial charge in [-0.05, 0) is 19.1 Å². The molecule has 0 amide bonds. The quantitative estimate of drug-likeness (QED) is 0.509. The molecule has 0 radical (unpaired) electrons. The highest BCUT2D eigenvalue weighted by atomic mass is 16.7. The van der Waals surface area contributed by atoms with E-state index in [2.05, 4.69) is 0 Å². The predicted octanol–water partition coefficient (Wildman–Crippen LogP) is -0.958. The minimum absolute atomic E-state index is 0.0929. The predicted molar refractivity (Wildman–Crippen MR) is 76.8 cm³/mol. The van der Waals surface area contributed by atoms with E-state index in [0.29, 0.717) is 0 Å². The van der Waals surface area contributed by atoms with Gasteiger partial charge in [0.1, 0.15) is 35.7 Å². The third-order valence-electron chi connectivity index (χ3n) is 3.47. The molecule has 8 nitrogen and oxygen atoms in total. The van der Waals surface area contributed by atoms with E-state index < -0.39 is 43.3 Å². The fourth-order valence-corrected chi connectivity index (χ4v) is 2.24. The summed E-state index contributed by atoms with van der Waals surface area (Å²) in [5.74, 6) is -0.511. The molecule has 0 spiro atoms. The van der Waals surface area contributed by atoms with E-state index in [1.54, 1.807) is 19.1 Å². The van der Waals surface area contributed by atoms with Gasteiger partial charge in [-0.2, -0.15) is 0 Å². The van der Waals surface area contributed by atoms with Gasteiger partial charge in [0.2, 0.25) is 6.29 Å². The lowest BCUT2D eigenvalue weighted by Gasteiger charge is -2.39. The average molecular weight is 328 g/mol. The largest absolute Gasteiger partial charge is 0.462 e. The maximum Gasteiger partial charge on any atom is 0.341 e. The Bertz CT molecular complexity index is 532. The van der Waals surface area contributed by atoms with Gasteiger partial charge in [0, 0.05) is 0 Å². The van der Waals surface area contributed by atoms with Gasteiger partial charge in [-0.15, -0.1) is 0 Å². The first kappa shape index (κ1) is 17.6. The van der Waals surface area contributed by atoms with Crippen molar-refractivity contribution < 1.29 is 39.4 Å². The number of para-hydroxylation sites is 1. The molecule has 1 saturated heterocycles. The van der Waals surface area contributed by atoms with E-state index in [1.165, 1.54) is 12.1 Å². The lowest BCUT2D eigenvalue weighted by molar-refractivity contribution is -0.277. The van der Waals surface area contributed by atoms with Gasteiger partial charge in [-0.1, -0.05) is 12.1 Å². The van der Waals surface area contributed by atoms with E-state index in [1.807, 2.05) is 0 Å². The van der Waals surface area contributed by atoms with Crippen LogP contribution in [0.15, 0.2) is 24.3 Å². The van der Waals surface area contributed by atoms with Crippen molar-refractivity contribution in [2.75, 3.05) is 13.2 Å². The smallest absolute Gasteiger partial charge is 0.341 e. The van der Waals surface area contributed by atoms with Gasteiger partial charge in [0.05, 0.1) is 13.2 Å². The van der Waals surface area contributed by atoms with Crippen molar-refractivity contribution in [2.24, 2.45) is 0 Å². The fraction of sp³-hybridized carbons (Fsp3) is 0.533. The molecular weight excluding hydrogens is 308 g/mol. The molecule has 2 rings (SSSR count). The molecule has 5 atom stereocenters. The highest BCUT2D eigenvalue weighted by Crippen LogP contribution is 2.26. The molecule has 5 unspecified atom stereocenters. The Hall–Kier alpha value is -1.71. The molecule has 0 saturated carbocycles. The minimum atomic E-state index is -1.55. The first-order valence-corrected chi connectivity index (χ1v) is 7.23. The molecule has 1 aliphatic rings. The third-order valence-corrected chi connectivity index (χ3v) is 3.47. The van der Waals surface area contributed by atoms with Gasteiger partial charge in [-0.3, -0.25) is 0 Å². The second-order valence-corrected chi connectivity index (χ2v) is 5.03. The number of carbonyl (C=O) groups excluding carboxylic acids is 1. The molecule has 0 aliphatic carbocycles. The van der Waals surface area contributed by atoms with E-state index in [-0.39, 0.29) is 17.9 Å². The Kier molecular flexibility index (Phi) is 5.91. The molecule has 1 fully saturated rings. The van der Waals surface area contributed by atoms with Crippen LogP contribution in [0.3, 0.4) is 0 Å². The normalized spacial score (nSPS) is 30.7. The summed E-state index contributed by atoms with van der Waals surface area (Å²) >= 11 is 0. The van der Waals surface area contributed by atoms with Crippen LogP contribution in [0.1, 0.15) is 17.3 Å². The SMILES string of the molecule is CCOC(=O)c1ccccc1OC1OC(CO)C(O)C(O)C1O. The Morgan fingerprint density at radius 2 is 1.87 bits per heavy atom. The highest BCUT2D eigenvalue weighted by molar-refractivity contribution is 5.92. The first-order chi connectivity index (χ1) is 11.0. The Balaban J connectivity index is 2.19. The van der Waals surface area contributed by atoms with Gasteiger partial charge in [-0.25, -0.2) is 4.79 Å². The Morgan fingerprint density at radius 3 is 2.52 bits per heavy atom. The number of aliphatic hydroxyl groups excluding tert-OH is 4. The number of carbonyl (C=O) groups is 1. The van der Waals surface area contributed by atoms with Gasteiger partial charge < -0.3 is 34.6 Å². The summed E-state index contributed by atoms with van der Waals surface area (Å²) in [5.41, 5.74) is 0.131. The van der Waals surface area contributed by atoms with Crippen molar-refractivity contribution >= 4 is 5.97 Å². The summed E-state index contributed by atoms with van der Waals surface area (Å²) in [5, 5.41) is 38.6. The van der Waals surface area contributed by atoms with Crippen LogP contribution in [-0.4, -0.2) is 70.3 Å². The lowest BCUT2D eigenvalue weighted by atomic mass is 9.99. The lowest BCUT2D eigenvalue weighted by Crippen LogP contribution is -2.60. The van der Waals surface area contributed by atoms with Crippen LogP contribution in [-0.2, 0) is 9.47 Å². The maximum absolute atomic E-state index is 11.9. The van der Waals surface area contributed by atoms with Crippen molar-refractivity contribution in [3.05, 3.63) is 29.8 Å². The fourth-order valence-electron chi connectivity index (χ4n) is 2.24. The Morgan fingerprint density at radius 1 is 1.17 bits per heavy atom. The number of hydrogen-bond donors (Lipinski definition) is 4. The molecule has 1 aliphatic heterocycles. The number of benzene rings is 1. The van der Waals surface area contributed by atoms with E-state index in [4.69, 9.17) is 19.3 Å². The zero-order chi connectivity index (χ0) is 17.0. The zero-order valence-electron chi connectivity index (χ0n) is 12.5. The standard InChI is InChI=1S/C15H20O8/c1-2-21-14(20)8-5-3-4-6-9(8)22-15-13(19)12(18)11(17)10(7-16)23-15/h3-6,10-13,15-19H,2,7H2,1H3. The molecule has 1 aromatic carbocycles. The van der Waals surface area contributed by atoms with Crippen molar-refractivity contribution in [1.82, 2.24) is 0 Å². The number of rotatable bonds is 5. The number of aliphatic hydroxyl groups is 4. The van der Waals surface area contributed by atoms with Crippen LogP contribution in [0.4, 0.5) is 0 Å². The molecule has 8 heteroatoms. The summed E-state index contributed by atoms with van der Waals surface area (Å²) in [7, 11) is 0. The third kappa shape index (κ3) is 3.80. The van der Waals surface area contributed by atoms with Gasteiger partial charge in [0.15, 0.2) is 0 Å². The summed E-state index contributed by atoms with van der Waals surface area (Å²) in [6.45, 7) is 1.29. The zero-order valence-corrected chi connectivity index (χ0v) is 12.5. The molecule has 4 N–H and O–H groups in total. The molecule has 1 aromatic rings. The van der Waals surface area contributed by atoms with Gasteiger partial charge >= 0.3 is 5.97 Å². The molecule has 1 heterocycles. The van der Waals surface area contributed by atoms with E-state index in [0.717, 1.165) is 0 Å². The summed E-state index contributed by atoms with van der Waals surface area (Å²) in [4.78, 5) is 11.9. The Labute approximate surface area is 132 Å². The molecule has 23 heavy (non-hydrogen) atoms. The molecule has 128 valence electrons. The first-order valence-electron chi connectivity index (χ1n) is 7.23. The molecule has 0 bridgehead atoms. The van der Waals surface area contributed by atoms with Gasteiger partial charge in [0.25, 0.3) is 0 Å². The summed E-state index contributed by atoms with van der Waals surface area (Å²) in [6.07, 6.45) is -7.03. The van der Waals surface area contributed by atoms with Crippen molar-refractivity contribution in [3.63, 3.8) is 0 Å². The summed E-state index contributed by atoms with van der Waals surface area (Å²) in [6, 6.07) is 6.19. The topological polar surface area (TPSA) is 126 Å². The number of ether oxygens (including phenoxy) is 3. The van der Waals surface area contributed by atoms with Crippen LogP contribution in [0.2, 0.25) is 0 Å². The second kappa shape index (κ2) is 7.71. The van der Waals surface area contributed by atoms with Crippen LogP contribution in [0.5, 0.6) is 5.75 Å². The van der Waals surface area contributed by atoms with Crippen molar-refractivity contribution in [1.29, 1.82) is 0 Å². The van der Waals surface area contributed by atoms with Crippen LogP contribution < -0.4 is 4.74 Å². The molecular formula is C15H20O8. The monoisotopic (exact) mass is 328 g/mol. The highest BCUT2D eigenvalue weighted by Gasteiger charge is 2.45. The van der Waals surface area contributed by atoms with Crippen LogP contribution in [0.25, 0.3) is 0 Å². The van der Waals surface area contributed by atoms with Crippen molar-refractivity contribution in [3.8, 4) is 5.75 Å². The number of esters is 1. The average Bonchev–Trinajstić information content (AvgIpc) is 2.56. The number of hydrogen-bond acceptors (Lipinski definition) is 8. The molecule has 0 aromatic heterocycles. The van der Waals surface area contributed by atoms with Crippen LogP contribution >= 0.6 is 0 Å². The van der Waals surface area contributed by atoms with Crippen molar-refractivity contribution in [2.45, 2.75) is 37.6 Å². The second-order valence-electron chi connectivity index (χ2n) is 5.03. The summed E-state index contributed by atoms with van der Waals surface area (Å²) < 4.78 is 15.6. The minimum Gasteiger partial charge on any atom is -0.462 e. The maximum atomic E-state index is 11.9. The van der Waals surface area contributed by atoms with E-state index in [9.17, 15) is 20.1 Å².